The lowest BCUT2D eigenvalue weighted by Gasteiger charge is -2.25. The summed E-state index contributed by atoms with van der Waals surface area (Å²) < 4.78 is 6.17. The summed E-state index contributed by atoms with van der Waals surface area (Å²) in [6, 6.07) is 0.761. The molecule has 0 spiro atoms. The first-order valence-corrected chi connectivity index (χ1v) is 8.00. The molecule has 0 radical (unpaired) electrons. The van der Waals surface area contributed by atoms with Crippen molar-refractivity contribution in [3.05, 3.63) is 0 Å². The Morgan fingerprint density at radius 1 is 1.17 bits per heavy atom. The minimum atomic E-state index is 0.135. The molecule has 2 rings (SSSR count). The molecule has 1 aliphatic heterocycles. The third-order valence-electron chi connectivity index (χ3n) is 4.68. The van der Waals surface area contributed by atoms with Crippen molar-refractivity contribution in [1.29, 1.82) is 0 Å². The van der Waals surface area contributed by atoms with Crippen molar-refractivity contribution in [2.45, 2.75) is 89.9 Å². The van der Waals surface area contributed by atoms with Crippen LogP contribution in [0.25, 0.3) is 0 Å². The molecule has 2 fully saturated rings. The Morgan fingerprint density at radius 3 is 2.61 bits per heavy atom. The van der Waals surface area contributed by atoms with Crippen molar-refractivity contribution in [3.8, 4) is 0 Å². The molecule has 1 aliphatic carbocycles. The summed E-state index contributed by atoms with van der Waals surface area (Å²) in [4.78, 5) is 0. The van der Waals surface area contributed by atoms with Crippen LogP contribution in [0.1, 0.15) is 72.1 Å². The predicted molar refractivity (Wildman–Crippen MR) is 76.8 cm³/mol. The molecule has 0 amide bonds. The Morgan fingerprint density at radius 2 is 1.94 bits per heavy atom. The lowest BCUT2D eigenvalue weighted by molar-refractivity contribution is -0.0256. The molecule has 2 nitrogen and oxygen atoms in total. The van der Waals surface area contributed by atoms with E-state index in [1.165, 1.54) is 51.4 Å². The summed E-state index contributed by atoms with van der Waals surface area (Å²) in [5, 5.41) is 3.65. The quantitative estimate of drug-likeness (QED) is 0.767. The summed E-state index contributed by atoms with van der Waals surface area (Å²) >= 11 is 0. The number of hydrogen-bond donors (Lipinski definition) is 1. The molecule has 1 saturated heterocycles. The standard InChI is InChI=1S/C16H31NO/c1-4-17-14-8-6-5-7-13(11-14)12-15-9-10-16(2,3)18-15/h13-15,17H,4-12H2,1-3H3. The van der Waals surface area contributed by atoms with E-state index in [0.717, 1.165) is 18.5 Å². The van der Waals surface area contributed by atoms with Crippen LogP contribution in [0.2, 0.25) is 0 Å². The maximum atomic E-state index is 6.17. The fraction of sp³-hybridized carbons (Fsp3) is 1.00. The van der Waals surface area contributed by atoms with E-state index in [2.05, 4.69) is 26.1 Å². The van der Waals surface area contributed by atoms with Crippen LogP contribution in [0.15, 0.2) is 0 Å². The molecule has 0 aromatic heterocycles. The Bertz CT molecular complexity index is 251. The highest BCUT2D eigenvalue weighted by Gasteiger charge is 2.33. The summed E-state index contributed by atoms with van der Waals surface area (Å²) in [6.07, 6.45) is 11.3. The van der Waals surface area contributed by atoms with Crippen LogP contribution in [0, 0.1) is 5.92 Å². The number of rotatable bonds is 4. The van der Waals surface area contributed by atoms with Crippen LogP contribution in [0.5, 0.6) is 0 Å². The molecule has 3 atom stereocenters. The van der Waals surface area contributed by atoms with Gasteiger partial charge in [-0.15, -0.1) is 0 Å². The van der Waals surface area contributed by atoms with E-state index >= 15 is 0 Å². The fourth-order valence-corrected chi connectivity index (χ4v) is 3.77. The second-order valence-corrected chi connectivity index (χ2v) is 6.91. The molecule has 1 N–H and O–H groups in total. The molecule has 0 bridgehead atoms. The van der Waals surface area contributed by atoms with Crippen LogP contribution in [0.3, 0.4) is 0 Å². The molecule has 18 heavy (non-hydrogen) atoms. The Kier molecular flexibility index (Phi) is 5.08. The van der Waals surface area contributed by atoms with Gasteiger partial charge in [-0.05, 0) is 58.4 Å². The largest absolute Gasteiger partial charge is 0.372 e. The Hall–Kier alpha value is -0.0800. The second kappa shape index (κ2) is 6.38. The maximum Gasteiger partial charge on any atom is 0.0631 e. The summed E-state index contributed by atoms with van der Waals surface area (Å²) in [6.45, 7) is 7.82. The Balaban J connectivity index is 1.80. The van der Waals surface area contributed by atoms with Crippen LogP contribution in [0.4, 0.5) is 0 Å². The first-order valence-electron chi connectivity index (χ1n) is 8.00. The van der Waals surface area contributed by atoms with E-state index in [0.29, 0.717) is 6.10 Å². The Labute approximate surface area is 113 Å². The molecule has 3 unspecified atom stereocenters. The molecule has 1 saturated carbocycles. The zero-order valence-electron chi connectivity index (χ0n) is 12.5. The smallest absolute Gasteiger partial charge is 0.0631 e. The van der Waals surface area contributed by atoms with Crippen LogP contribution >= 0.6 is 0 Å². The van der Waals surface area contributed by atoms with Gasteiger partial charge in [0.2, 0.25) is 0 Å². The zero-order valence-corrected chi connectivity index (χ0v) is 12.5. The van der Waals surface area contributed by atoms with Crippen molar-refractivity contribution in [2.75, 3.05) is 6.54 Å². The first-order chi connectivity index (χ1) is 8.59. The first kappa shape index (κ1) is 14.3. The lowest BCUT2D eigenvalue weighted by Crippen LogP contribution is -2.30. The predicted octanol–water partition coefficient (Wildman–Crippen LogP) is 3.89. The second-order valence-electron chi connectivity index (χ2n) is 6.91. The van der Waals surface area contributed by atoms with Gasteiger partial charge < -0.3 is 10.1 Å². The molecule has 2 aliphatic rings. The minimum Gasteiger partial charge on any atom is -0.372 e. The third kappa shape index (κ3) is 4.24. The van der Waals surface area contributed by atoms with Gasteiger partial charge in [-0.25, -0.2) is 0 Å². The van der Waals surface area contributed by atoms with Gasteiger partial charge in [0.1, 0.15) is 0 Å². The molecule has 0 aromatic rings. The highest BCUT2D eigenvalue weighted by atomic mass is 16.5. The molecule has 106 valence electrons. The van der Waals surface area contributed by atoms with E-state index in [4.69, 9.17) is 4.74 Å². The topological polar surface area (TPSA) is 21.3 Å². The number of ether oxygens (including phenoxy) is 1. The van der Waals surface area contributed by atoms with Crippen molar-refractivity contribution in [2.24, 2.45) is 5.92 Å². The van der Waals surface area contributed by atoms with E-state index in [-0.39, 0.29) is 5.60 Å². The van der Waals surface area contributed by atoms with Crippen LogP contribution < -0.4 is 5.32 Å². The van der Waals surface area contributed by atoms with Crippen LogP contribution in [-0.4, -0.2) is 24.3 Å². The number of hydrogen-bond acceptors (Lipinski definition) is 2. The van der Waals surface area contributed by atoms with Gasteiger partial charge in [-0.3, -0.25) is 0 Å². The molecular weight excluding hydrogens is 222 g/mol. The zero-order chi connectivity index (χ0) is 13.0. The average Bonchev–Trinajstić information content (AvgIpc) is 2.50. The third-order valence-corrected chi connectivity index (χ3v) is 4.68. The summed E-state index contributed by atoms with van der Waals surface area (Å²) in [7, 11) is 0. The molecule has 2 heteroatoms. The molecule has 1 heterocycles. The van der Waals surface area contributed by atoms with Gasteiger partial charge in [0.15, 0.2) is 0 Å². The SMILES string of the molecule is CCNC1CCCCC(CC2CCC(C)(C)O2)C1. The van der Waals surface area contributed by atoms with Gasteiger partial charge in [0.25, 0.3) is 0 Å². The fourth-order valence-electron chi connectivity index (χ4n) is 3.77. The lowest BCUT2D eigenvalue weighted by atomic mass is 9.91. The van der Waals surface area contributed by atoms with Crippen molar-refractivity contribution < 1.29 is 4.74 Å². The molecule has 0 aromatic carbocycles. The maximum absolute atomic E-state index is 6.17. The summed E-state index contributed by atoms with van der Waals surface area (Å²) in [5.41, 5.74) is 0.135. The monoisotopic (exact) mass is 253 g/mol. The van der Waals surface area contributed by atoms with Gasteiger partial charge in [0.05, 0.1) is 11.7 Å². The summed E-state index contributed by atoms with van der Waals surface area (Å²) in [5.74, 6) is 0.885. The van der Waals surface area contributed by atoms with Crippen molar-refractivity contribution in [1.82, 2.24) is 5.32 Å². The highest BCUT2D eigenvalue weighted by molar-refractivity contribution is 4.84. The highest BCUT2D eigenvalue weighted by Crippen LogP contribution is 2.35. The van der Waals surface area contributed by atoms with Gasteiger partial charge in [-0.1, -0.05) is 26.2 Å². The van der Waals surface area contributed by atoms with E-state index in [9.17, 15) is 0 Å². The van der Waals surface area contributed by atoms with E-state index < -0.39 is 0 Å². The normalized spacial score (nSPS) is 36.5. The average molecular weight is 253 g/mol. The van der Waals surface area contributed by atoms with E-state index in [1.54, 1.807) is 0 Å². The molecular formula is C16H31NO. The van der Waals surface area contributed by atoms with Gasteiger partial charge >= 0.3 is 0 Å². The van der Waals surface area contributed by atoms with E-state index in [1.807, 2.05) is 0 Å². The minimum absolute atomic E-state index is 0.135. The van der Waals surface area contributed by atoms with Gasteiger partial charge in [0, 0.05) is 6.04 Å². The van der Waals surface area contributed by atoms with Gasteiger partial charge in [-0.2, -0.15) is 0 Å². The van der Waals surface area contributed by atoms with Crippen LogP contribution in [-0.2, 0) is 4.74 Å². The van der Waals surface area contributed by atoms with Crippen molar-refractivity contribution in [3.63, 3.8) is 0 Å². The van der Waals surface area contributed by atoms with Crippen molar-refractivity contribution >= 4 is 0 Å². The number of nitrogens with one attached hydrogen (secondary N) is 1.